The average Bonchev–Trinajstić information content (AvgIpc) is 2.50. The molecule has 1 aromatic rings. The number of hydrogen-bond acceptors (Lipinski definition) is 3. The van der Waals surface area contributed by atoms with E-state index in [4.69, 9.17) is 4.74 Å². The van der Waals surface area contributed by atoms with Gasteiger partial charge in [0.2, 0.25) is 0 Å². The molecule has 0 aliphatic rings. The SMILES string of the molecule is CC(C)=CCC/C(C)=C/C=N/NC(=O)COc1c(C)cccc1C. The van der Waals surface area contributed by atoms with Gasteiger partial charge in [0, 0.05) is 6.21 Å². The molecule has 0 saturated carbocycles. The van der Waals surface area contributed by atoms with Crippen molar-refractivity contribution < 1.29 is 9.53 Å². The molecule has 0 aromatic heterocycles. The number of para-hydroxylation sites is 1. The Hall–Kier alpha value is -2.36. The van der Waals surface area contributed by atoms with Crippen molar-refractivity contribution in [3.8, 4) is 5.75 Å². The van der Waals surface area contributed by atoms with E-state index in [0.717, 1.165) is 29.7 Å². The molecular formula is C20H28N2O2. The Kier molecular flexibility index (Phi) is 8.55. The highest BCUT2D eigenvalue weighted by atomic mass is 16.5. The van der Waals surface area contributed by atoms with Gasteiger partial charge < -0.3 is 4.74 Å². The molecule has 0 saturated heterocycles. The van der Waals surface area contributed by atoms with Crippen LogP contribution >= 0.6 is 0 Å². The van der Waals surface area contributed by atoms with Crippen LogP contribution in [0.15, 0.2) is 46.6 Å². The van der Waals surface area contributed by atoms with E-state index in [1.807, 2.05) is 38.1 Å². The van der Waals surface area contributed by atoms with Gasteiger partial charge >= 0.3 is 0 Å². The van der Waals surface area contributed by atoms with Gasteiger partial charge in [-0.25, -0.2) is 5.43 Å². The number of nitrogens with one attached hydrogen (secondary N) is 1. The summed E-state index contributed by atoms with van der Waals surface area (Å²) in [7, 11) is 0. The smallest absolute Gasteiger partial charge is 0.277 e. The summed E-state index contributed by atoms with van der Waals surface area (Å²) in [5.74, 6) is 0.483. The second kappa shape index (κ2) is 10.4. The van der Waals surface area contributed by atoms with Gasteiger partial charge in [0.1, 0.15) is 5.75 Å². The maximum absolute atomic E-state index is 11.8. The summed E-state index contributed by atoms with van der Waals surface area (Å²) in [4.78, 5) is 11.8. The highest BCUT2D eigenvalue weighted by molar-refractivity contribution is 5.80. The van der Waals surface area contributed by atoms with Crippen LogP contribution in [0.25, 0.3) is 0 Å². The number of carbonyl (C=O) groups is 1. The molecule has 4 nitrogen and oxygen atoms in total. The molecule has 1 rings (SSSR count). The van der Waals surface area contributed by atoms with Crippen molar-refractivity contribution in [2.75, 3.05) is 6.61 Å². The first-order valence-electron chi connectivity index (χ1n) is 8.20. The molecule has 4 heteroatoms. The van der Waals surface area contributed by atoms with Crippen LogP contribution in [-0.2, 0) is 4.79 Å². The van der Waals surface area contributed by atoms with E-state index in [1.54, 1.807) is 6.21 Å². The summed E-state index contributed by atoms with van der Waals surface area (Å²) in [6.07, 6.45) is 7.73. The number of hydrogen-bond donors (Lipinski definition) is 1. The topological polar surface area (TPSA) is 50.7 Å². The van der Waals surface area contributed by atoms with Crippen LogP contribution in [0.3, 0.4) is 0 Å². The molecule has 0 aliphatic carbocycles. The molecule has 0 radical (unpaired) electrons. The summed E-state index contributed by atoms with van der Waals surface area (Å²) < 4.78 is 5.58. The number of nitrogens with zero attached hydrogens (tertiary/aromatic N) is 1. The molecule has 24 heavy (non-hydrogen) atoms. The zero-order valence-electron chi connectivity index (χ0n) is 15.3. The second-order valence-electron chi connectivity index (χ2n) is 6.16. The van der Waals surface area contributed by atoms with Crippen LogP contribution in [-0.4, -0.2) is 18.7 Å². The third-order valence-electron chi connectivity index (χ3n) is 3.47. The Morgan fingerprint density at radius 2 is 1.88 bits per heavy atom. The lowest BCUT2D eigenvalue weighted by Gasteiger charge is -2.10. The van der Waals surface area contributed by atoms with Crippen molar-refractivity contribution in [3.63, 3.8) is 0 Å². The fourth-order valence-corrected chi connectivity index (χ4v) is 2.14. The van der Waals surface area contributed by atoms with Crippen molar-refractivity contribution in [1.29, 1.82) is 0 Å². The minimum absolute atomic E-state index is 0.0493. The van der Waals surface area contributed by atoms with Crippen LogP contribution < -0.4 is 10.2 Å². The van der Waals surface area contributed by atoms with E-state index in [9.17, 15) is 4.79 Å². The van der Waals surface area contributed by atoms with Gasteiger partial charge in [-0.1, -0.05) is 35.4 Å². The first-order valence-corrected chi connectivity index (χ1v) is 8.20. The highest BCUT2D eigenvalue weighted by Gasteiger charge is 2.06. The van der Waals surface area contributed by atoms with E-state index in [-0.39, 0.29) is 12.5 Å². The van der Waals surface area contributed by atoms with E-state index in [0.29, 0.717) is 0 Å². The molecule has 0 fully saturated rings. The van der Waals surface area contributed by atoms with Gasteiger partial charge in [0.05, 0.1) is 0 Å². The summed E-state index contributed by atoms with van der Waals surface area (Å²) in [6.45, 7) is 10.1. The molecular weight excluding hydrogens is 300 g/mol. The number of aryl methyl sites for hydroxylation is 2. The molecule has 130 valence electrons. The normalized spacial score (nSPS) is 11.5. The number of allylic oxidation sites excluding steroid dienone is 4. The number of benzene rings is 1. The Morgan fingerprint density at radius 1 is 1.21 bits per heavy atom. The maximum Gasteiger partial charge on any atom is 0.277 e. The van der Waals surface area contributed by atoms with Crippen molar-refractivity contribution >= 4 is 12.1 Å². The summed E-state index contributed by atoms with van der Waals surface area (Å²) in [5, 5.41) is 3.92. The second-order valence-corrected chi connectivity index (χ2v) is 6.16. The van der Waals surface area contributed by atoms with Crippen LogP contribution in [0, 0.1) is 13.8 Å². The molecule has 1 amide bonds. The van der Waals surface area contributed by atoms with Crippen LogP contribution in [0.2, 0.25) is 0 Å². The number of ether oxygens (including phenoxy) is 1. The molecule has 0 atom stereocenters. The predicted molar refractivity (Wildman–Crippen MR) is 100 cm³/mol. The number of carbonyl (C=O) groups excluding carboxylic acids is 1. The van der Waals surface area contributed by atoms with Crippen molar-refractivity contribution in [2.45, 2.75) is 47.5 Å². The largest absolute Gasteiger partial charge is 0.483 e. The summed E-state index contributed by atoms with van der Waals surface area (Å²) in [5.41, 5.74) is 7.05. The van der Waals surface area contributed by atoms with E-state index < -0.39 is 0 Å². The monoisotopic (exact) mass is 328 g/mol. The molecule has 1 aromatic carbocycles. The van der Waals surface area contributed by atoms with Gasteiger partial charge in [0.25, 0.3) is 5.91 Å². The number of hydrazone groups is 1. The van der Waals surface area contributed by atoms with E-state index in [2.05, 4.69) is 37.4 Å². The van der Waals surface area contributed by atoms with Crippen molar-refractivity contribution in [2.24, 2.45) is 5.10 Å². The molecule has 0 heterocycles. The van der Waals surface area contributed by atoms with Gasteiger partial charge in [0.15, 0.2) is 6.61 Å². The minimum atomic E-state index is -0.274. The molecule has 0 bridgehead atoms. The summed E-state index contributed by atoms with van der Waals surface area (Å²) >= 11 is 0. The first-order chi connectivity index (χ1) is 11.4. The van der Waals surface area contributed by atoms with Gasteiger partial charge in [-0.05, 0) is 64.7 Å². The Morgan fingerprint density at radius 3 is 2.50 bits per heavy atom. The van der Waals surface area contributed by atoms with Crippen LogP contribution in [0.5, 0.6) is 5.75 Å². The van der Waals surface area contributed by atoms with Crippen molar-refractivity contribution in [3.05, 3.63) is 52.6 Å². The third-order valence-corrected chi connectivity index (χ3v) is 3.47. The Bertz CT molecular complexity index is 619. The number of rotatable bonds is 8. The summed E-state index contributed by atoms with van der Waals surface area (Å²) in [6, 6.07) is 5.89. The lowest BCUT2D eigenvalue weighted by molar-refractivity contribution is -0.123. The molecule has 0 spiro atoms. The Labute approximate surface area is 145 Å². The Balaban J connectivity index is 2.37. The fraction of sp³-hybridized carbons (Fsp3) is 0.400. The lowest BCUT2D eigenvalue weighted by atomic mass is 10.1. The minimum Gasteiger partial charge on any atom is -0.483 e. The molecule has 0 unspecified atom stereocenters. The van der Waals surface area contributed by atoms with Gasteiger partial charge in [-0.15, -0.1) is 0 Å². The zero-order valence-corrected chi connectivity index (χ0v) is 15.3. The van der Waals surface area contributed by atoms with Gasteiger partial charge in [-0.3, -0.25) is 4.79 Å². The average molecular weight is 328 g/mol. The molecule has 1 N–H and O–H groups in total. The van der Waals surface area contributed by atoms with Crippen LogP contribution in [0.4, 0.5) is 0 Å². The highest BCUT2D eigenvalue weighted by Crippen LogP contribution is 2.21. The molecule has 0 aliphatic heterocycles. The van der Waals surface area contributed by atoms with E-state index >= 15 is 0 Å². The first kappa shape index (κ1) is 19.7. The lowest BCUT2D eigenvalue weighted by Crippen LogP contribution is -2.24. The predicted octanol–water partition coefficient (Wildman–Crippen LogP) is 4.48. The maximum atomic E-state index is 11.8. The standard InChI is InChI=1S/C20H28N2O2/c1-15(2)8-6-9-16(3)12-13-21-22-19(23)14-24-20-17(4)10-7-11-18(20)5/h7-8,10-13H,6,9,14H2,1-5H3,(H,22,23)/b16-12+,21-13+. The van der Waals surface area contributed by atoms with E-state index in [1.165, 1.54) is 11.1 Å². The van der Waals surface area contributed by atoms with Crippen LogP contribution in [0.1, 0.15) is 44.7 Å². The number of amides is 1. The van der Waals surface area contributed by atoms with Gasteiger partial charge in [-0.2, -0.15) is 5.10 Å². The third kappa shape index (κ3) is 7.77. The fourth-order valence-electron chi connectivity index (χ4n) is 2.14. The van der Waals surface area contributed by atoms with Crippen molar-refractivity contribution in [1.82, 2.24) is 5.43 Å². The zero-order chi connectivity index (χ0) is 17.9. The quantitative estimate of drug-likeness (QED) is 0.434.